The van der Waals surface area contributed by atoms with Crippen molar-refractivity contribution in [2.75, 3.05) is 18.5 Å². The fourth-order valence-corrected chi connectivity index (χ4v) is 1.62. The third kappa shape index (κ3) is 3.48. The number of nitrogens with one attached hydrogen (secondary N) is 1. The van der Waals surface area contributed by atoms with Crippen LogP contribution < -0.4 is 10.1 Å². The Balaban J connectivity index is 1.65. The smallest absolute Gasteiger partial charge is 0.144 e. The zero-order chi connectivity index (χ0) is 12.6. The minimum atomic E-state index is 0.699. The molecule has 1 aromatic carbocycles. The minimum absolute atomic E-state index is 0.699. The molecule has 0 saturated carbocycles. The van der Waals surface area contributed by atoms with Crippen molar-refractivity contribution in [3.63, 3.8) is 0 Å². The van der Waals surface area contributed by atoms with E-state index in [1.165, 1.54) is 0 Å². The minimum Gasteiger partial charge on any atom is -0.494 e. The lowest BCUT2D eigenvalue weighted by Gasteiger charge is -2.08. The molecule has 1 aromatic heterocycles. The Morgan fingerprint density at radius 3 is 2.89 bits per heavy atom. The summed E-state index contributed by atoms with van der Waals surface area (Å²) in [6.07, 6.45) is 2.67. The molecule has 0 saturated heterocycles. The Morgan fingerprint density at radius 2 is 2.11 bits per heavy atom. The van der Waals surface area contributed by atoms with Crippen LogP contribution in [0.3, 0.4) is 0 Å². The maximum absolute atomic E-state index is 5.60. The molecule has 0 aliphatic heterocycles. The van der Waals surface area contributed by atoms with Gasteiger partial charge in [0.25, 0.3) is 0 Å². The van der Waals surface area contributed by atoms with Gasteiger partial charge in [0.1, 0.15) is 11.6 Å². The second kappa shape index (κ2) is 6.64. The summed E-state index contributed by atoms with van der Waals surface area (Å²) in [7, 11) is 0. The largest absolute Gasteiger partial charge is 0.494 e. The SMILES string of the molecule is CCn1nncc1NCCCOc1ccccc1. The molecule has 5 heteroatoms. The van der Waals surface area contributed by atoms with Gasteiger partial charge in [-0.05, 0) is 25.5 Å². The molecule has 2 rings (SSSR count). The fourth-order valence-electron chi connectivity index (χ4n) is 1.62. The predicted octanol–water partition coefficient (Wildman–Crippen LogP) is 2.18. The van der Waals surface area contributed by atoms with Crippen molar-refractivity contribution in [2.45, 2.75) is 19.9 Å². The van der Waals surface area contributed by atoms with Crippen molar-refractivity contribution >= 4 is 5.82 Å². The van der Waals surface area contributed by atoms with E-state index in [4.69, 9.17) is 4.74 Å². The maximum atomic E-state index is 5.60. The molecule has 0 aliphatic rings. The van der Waals surface area contributed by atoms with Crippen molar-refractivity contribution in [3.8, 4) is 5.75 Å². The van der Waals surface area contributed by atoms with Crippen LogP contribution in [0.1, 0.15) is 13.3 Å². The predicted molar refractivity (Wildman–Crippen MR) is 70.7 cm³/mol. The number of aromatic nitrogens is 3. The second-order valence-corrected chi connectivity index (χ2v) is 3.88. The monoisotopic (exact) mass is 246 g/mol. The van der Waals surface area contributed by atoms with Crippen LogP contribution in [0.15, 0.2) is 36.5 Å². The number of benzene rings is 1. The third-order valence-corrected chi connectivity index (χ3v) is 2.56. The summed E-state index contributed by atoms with van der Waals surface area (Å²) in [6, 6.07) is 9.85. The summed E-state index contributed by atoms with van der Waals surface area (Å²) in [4.78, 5) is 0. The molecule has 0 radical (unpaired) electrons. The van der Waals surface area contributed by atoms with Gasteiger partial charge < -0.3 is 10.1 Å². The zero-order valence-corrected chi connectivity index (χ0v) is 10.5. The lowest BCUT2D eigenvalue weighted by atomic mass is 10.3. The summed E-state index contributed by atoms with van der Waals surface area (Å²) < 4.78 is 7.44. The first-order chi connectivity index (χ1) is 8.90. The topological polar surface area (TPSA) is 52.0 Å². The van der Waals surface area contributed by atoms with Crippen molar-refractivity contribution < 1.29 is 4.74 Å². The van der Waals surface area contributed by atoms with E-state index >= 15 is 0 Å². The van der Waals surface area contributed by atoms with Crippen LogP contribution in [0.5, 0.6) is 5.75 Å². The van der Waals surface area contributed by atoms with Crippen molar-refractivity contribution in [2.24, 2.45) is 0 Å². The summed E-state index contributed by atoms with van der Waals surface area (Å²) in [5, 5.41) is 11.1. The summed E-state index contributed by atoms with van der Waals surface area (Å²) >= 11 is 0. The molecule has 0 aliphatic carbocycles. The molecular weight excluding hydrogens is 228 g/mol. The van der Waals surface area contributed by atoms with Gasteiger partial charge in [-0.1, -0.05) is 23.4 Å². The van der Waals surface area contributed by atoms with E-state index in [0.717, 1.165) is 31.1 Å². The molecule has 18 heavy (non-hydrogen) atoms. The Bertz CT molecular complexity index is 455. The highest BCUT2D eigenvalue weighted by Crippen LogP contribution is 2.08. The molecule has 0 atom stereocenters. The average Bonchev–Trinajstić information content (AvgIpc) is 2.87. The number of hydrogen-bond acceptors (Lipinski definition) is 4. The molecular formula is C13H18N4O. The van der Waals surface area contributed by atoms with E-state index in [0.29, 0.717) is 6.61 Å². The number of anilines is 1. The van der Waals surface area contributed by atoms with Gasteiger partial charge in [0, 0.05) is 13.1 Å². The second-order valence-electron chi connectivity index (χ2n) is 3.88. The van der Waals surface area contributed by atoms with E-state index in [1.54, 1.807) is 6.20 Å². The lowest BCUT2D eigenvalue weighted by molar-refractivity contribution is 0.315. The fraction of sp³-hybridized carbons (Fsp3) is 0.385. The molecule has 0 bridgehead atoms. The van der Waals surface area contributed by atoms with E-state index in [2.05, 4.69) is 15.6 Å². The Morgan fingerprint density at radius 1 is 1.28 bits per heavy atom. The number of rotatable bonds is 7. The van der Waals surface area contributed by atoms with Crippen LogP contribution in [0.4, 0.5) is 5.82 Å². The van der Waals surface area contributed by atoms with Gasteiger partial charge in [-0.15, -0.1) is 5.10 Å². The van der Waals surface area contributed by atoms with Gasteiger partial charge in [-0.2, -0.15) is 0 Å². The van der Waals surface area contributed by atoms with Crippen LogP contribution >= 0.6 is 0 Å². The number of ether oxygens (including phenoxy) is 1. The highest BCUT2D eigenvalue weighted by Gasteiger charge is 2.00. The van der Waals surface area contributed by atoms with Gasteiger partial charge in [0.2, 0.25) is 0 Å². The standard InChI is InChI=1S/C13H18N4O/c1-2-17-13(11-15-16-17)14-9-6-10-18-12-7-4-3-5-8-12/h3-5,7-8,11,14H,2,6,9-10H2,1H3. The Hall–Kier alpha value is -2.04. The number of para-hydroxylation sites is 1. The highest BCUT2D eigenvalue weighted by atomic mass is 16.5. The molecule has 0 spiro atoms. The van der Waals surface area contributed by atoms with Crippen LogP contribution in [-0.4, -0.2) is 28.1 Å². The molecule has 2 aromatic rings. The van der Waals surface area contributed by atoms with Crippen LogP contribution in [0, 0.1) is 0 Å². The first-order valence-electron chi connectivity index (χ1n) is 6.20. The molecule has 1 N–H and O–H groups in total. The van der Waals surface area contributed by atoms with E-state index in [1.807, 2.05) is 41.9 Å². The lowest BCUT2D eigenvalue weighted by Crippen LogP contribution is -2.11. The third-order valence-electron chi connectivity index (χ3n) is 2.56. The Kier molecular flexibility index (Phi) is 4.58. The first kappa shape index (κ1) is 12.4. The van der Waals surface area contributed by atoms with E-state index < -0.39 is 0 Å². The number of nitrogens with zero attached hydrogens (tertiary/aromatic N) is 3. The number of hydrogen-bond donors (Lipinski definition) is 1. The van der Waals surface area contributed by atoms with Crippen LogP contribution in [0.25, 0.3) is 0 Å². The van der Waals surface area contributed by atoms with Crippen molar-refractivity contribution in [3.05, 3.63) is 36.5 Å². The molecule has 0 unspecified atom stereocenters. The molecule has 5 nitrogen and oxygen atoms in total. The van der Waals surface area contributed by atoms with Gasteiger partial charge >= 0.3 is 0 Å². The molecule has 1 heterocycles. The van der Waals surface area contributed by atoms with E-state index in [9.17, 15) is 0 Å². The first-order valence-corrected chi connectivity index (χ1v) is 6.20. The van der Waals surface area contributed by atoms with E-state index in [-0.39, 0.29) is 0 Å². The average molecular weight is 246 g/mol. The summed E-state index contributed by atoms with van der Waals surface area (Å²) in [5.41, 5.74) is 0. The molecule has 96 valence electrons. The van der Waals surface area contributed by atoms with Crippen molar-refractivity contribution in [1.29, 1.82) is 0 Å². The normalized spacial score (nSPS) is 10.3. The summed E-state index contributed by atoms with van der Waals surface area (Å²) in [6.45, 7) is 4.41. The van der Waals surface area contributed by atoms with Crippen LogP contribution in [-0.2, 0) is 6.54 Å². The zero-order valence-electron chi connectivity index (χ0n) is 10.5. The van der Waals surface area contributed by atoms with Gasteiger partial charge in [0.15, 0.2) is 0 Å². The van der Waals surface area contributed by atoms with Gasteiger partial charge in [-0.3, -0.25) is 0 Å². The number of aryl methyl sites for hydroxylation is 1. The summed E-state index contributed by atoms with van der Waals surface area (Å²) in [5.74, 6) is 1.87. The van der Waals surface area contributed by atoms with Gasteiger partial charge in [-0.25, -0.2) is 4.68 Å². The highest BCUT2D eigenvalue weighted by molar-refractivity contribution is 5.30. The molecule has 0 fully saturated rings. The Labute approximate surface area is 107 Å². The van der Waals surface area contributed by atoms with Crippen molar-refractivity contribution in [1.82, 2.24) is 15.0 Å². The van der Waals surface area contributed by atoms with Crippen LogP contribution in [0.2, 0.25) is 0 Å². The maximum Gasteiger partial charge on any atom is 0.144 e. The van der Waals surface area contributed by atoms with Gasteiger partial charge in [0.05, 0.1) is 12.8 Å². The molecule has 0 amide bonds. The quantitative estimate of drug-likeness (QED) is 0.761.